The monoisotopic (exact) mass is 432 g/mol. The molecule has 2 aromatic rings. The molecule has 2 aliphatic carbocycles. The molecule has 0 bridgehead atoms. The summed E-state index contributed by atoms with van der Waals surface area (Å²) in [5.41, 5.74) is 10.6. The van der Waals surface area contributed by atoms with Crippen molar-refractivity contribution in [2.24, 2.45) is 0 Å². The van der Waals surface area contributed by atoms with Crippen LogP contribution in [-0.4, -0.2) is 4.31 Å². The van der Waals surface area contributed by atoms with Crippen LogP contribution in [0.3, 0.4) is 0 Å². The maximum atomic E-state index is 7.80. The molecule has 140 valence electrons. The Hall–Kier alpha value is -0.916. The number of hydrogen-bond donors (Lipinski definition) is 0. The van der Waals surface area contributed by atoms with Gasteiger partial charge in [0.2, 0.25) is 0 Å². The summed E-state index contributed by atoms with van der Waals surface area (Å²) >= 11 is -4.25. The van der Waals surface area contributed by atoms with Crippen LogP contribution in [0.1, 0.15) is 65.3 Å². The number of halogens is 2. The second kappa shape index (κ2) is 6.29. The fourth-order valence-corrected chi connectivity index (χ4v) is 17.5. The van der Waals surface area contributed by atoms with Gasteiger partial charge in [0.1, 0.15) is 0 Å². The molecular formula is C24H26Cl2Ti. The third-order valence-corrected chi connectivity index (χ3v) is 19.9. The average molecular weight is 433 g/mol. The molecule has 0 N–H and O–H groups in total. The maximum absolute atomic E-state index is 7.80. The number of benzene rings is 2. The molecule has 0 saturated carbocycles. The Labute approximate surface area is 171 Å². The summed E-state index contributed by atoms with van der Waals surface area (Å²) < 4.78 is 2.42. The summed E-state index contributed by atoms with van der Waals surface area (Å²) in [6, 6.07) is 17.3. The summed E-state index contributed by atoms with van der Waals surface area (Å²) in [7, 11) is 15.6. The summed E-state index contributed by atoms with van der Waals surface area (Å²) in [6.45, 7) is 11.0. The third kappa shape index (κ3) is 2.50. The van der Waals surface area contributed by atoms with Crippen molar-refractivity contribution in [3.8, 4) is 0 Å². The van der Waals surface area contributed by atoms with Crippen molar-refractivity contribution in [1.82, 2.24) is 0 Å². The van der Waals surface area contributed by atoms with E-state index in [1.54, 1.807) is 0 Å². The number of hydrogen-bond acceptors (Lipinski definition) is 0. The molecule has 0 radical (unpaired) electrons. The molecule has 0 amide bonds. The van der Waals surface area contributed by atoms with Crippen LogP contribution >= 0.6 is 18.6 Å². The van der Waals surface area contributed by atoms with E-state index in [2.05, 4.69) is 87.5 Å². The molecule has 0 fully saturated rings. The fraction of sp³-hybridized carbons (Fsp3) is 0.292. The van der Waals surface area contributed by atoms with E-state index in [9.17, 15) is 0 Å². The Morgan fingerprint density at radius 2 is 1.07 bits per heavy atom. The van der Waals surface area contributed by atoms with Crippen LogP contribution in [0.5, 0.6) is 0 Å². The molecule has 3 heteroatoms. The molecule has 2 aliphatic rings. The normalized spacial score (nSPS) is 22.2. The Bertz CT molecular complexity index is 1020. The molecule has 4 rings (SSSR count). The topological polar surface area (TPSA) is 0 Å². The standard InChI is InChI=1S/2C11H11.C2H4.2ClH.Ti/c2*1-8-7-10-5-3-4-6-11(10)9(8)2;1-2;;;/h2*3-7H,1-2H3;1H,2H3;2*1H;/q;;;;;+2/p-2. The van der Waals surface area contributed by atoms with Crippen molar-refractivity contribution in [2.45, 2.75) is 43.1 Å². The van der Waals surface area contributed by atoms with Gasteiger partial charge in [0.25, 0.3) is 0 Å². The zero-order chi connectivity index (χ0) is 19.6. The molecular weight excluding hydrogens is 407 g/mol. The molecule has 0 heterocycles. The molecule has 2 unspecified atom stereocenters. The average Bonchev–Trinajstić information content (AvgIpc) is 3.08. The first-order chi connectivity index (χ1) is 12.7. The van der Waals surface area contributed by atoms with Crippen LogP contribution in [0.4, 0.5) is 0 Å². The van der Waals surface area contributed by atoms with E-state index >= 15 is 0 Å². The molecule has 2 aromatic carbocycles. The minimum absolute atomic E-state index is 0.102. The van der Waals surface area contributed by atoms with Gasteiger partial charge in [-0.2, -0.15) is 0 Å². The first-order valence-electron chi connectivity index (χ1n) is 9.63. The van der Waals surface area contributed by atoms with Crippen LogP contribution < -0.4 is 0 Å². The van der Waals surface area contributed by atoms with Crippen LogP contribution in [-0.2, 0) is 12.7 Å². The Kier molecular flexibility index (Phi) is 4.52. The quantitative estimate of drug-likeness (QED) is 0.423. The van der Waals surface area contributed by atoms with E-state index in [4.69, 9.17) is 18.6 Å². The molecule has 0 spiro atoms. The van der Waals surface area contributed by atoms with E-state index in [-0.39, 0.29) is 8.45 Å². The van der Waals surface area contributed by atoms with E-state index in [0.717, 1.165) is 0 Å². The second-order valence-corrected chi connectivity index (χ2v) is 22.5. The Balaban J connectivity index is 2.05. The number of allylic oxidation sites excluding steroid dienone is 4. The van der Waals surface area contributed by atoms with Crippen molar-refractivity contribution >= 4 is 34.1 Å². The Morgan fingerprint density at radius 1 is 0.704 bits per heavy atom. The number of rotatable bonds is 2. The van der Waals surface area contributed by atoms with Gasteiger partial charge in [0.15, 0.2) is 0 Å². The summed E-state index contributed by atoms with van der Waals surface area (Å²) in [5, 5.41) is 0. The Morgan fingerprint density at radius 3 is 1.44 bits per heavy atom. The van der Waals surface area contributed by atoms with Gasteiger partial charge in [-0.25, -0.2) is 0 Å². The molecule has 27 heavy (non-hydrogen) atoms. The van der Waals surface area contributed by atoms with Gasteiger partial charge in [0, 0.05) is 0 Å². The summed E-state index contributed by atoms with van der Waals surface area (Å²) in [5.74, 6) is 0. The first kappa shape index (κ1) is 19.4. The minimum atomic E-state index is -4.25. The molecule has 2 atom stereocenters. The van der Waals surface area contributed by atoms with Crippen molar-refractivity contribution < 1.29 is 12.7 Å². The van der Waals surface area contributed by atoms with Crippen LogP contribution in [0.15, 0.2) is 59.7 Å². The predicted molar refractivity (Wildman–Crippen MR) is 118 cm³/mol. The molecule has 0 nitrogen and oxygen atoms in total. The van der Waals surface area contributed by atoms with Crippen molar-refractivity contribution in [3.05, 3.63) is 81.9 Å². The van der Waals surface area contributed by atoms with Crippen LogP contribution in [0, 0.1) is 0 Å². The van der Waals surface area contributed by atoms with Gasteiger partial charge < -0.3 is 0 Å². The van der Waals surface area contributed by atoms with Gasteiger partial charge in [-0.05, 0) is 0 Å². The van der Waals surface area contributed by atoms with E-state index in [0.29, 0.717) is 0 Å². The van der Waals surface area contributed by atoms with Gasteiger partial charge in [-0.15, -0.1) is 0 Å². The van der Waals surface area contributed by atoms with E-state index in [1.165, 1.54) is 44.5 Å². The van der Waals surface area contributed by atoms with Gasteiger partial charge >= 0.3 is 172 Å². The second-order valence-electron chi connectivity index (χ2n) is 8.17. The third-order valence-electron chi connectivity index (χ3n) is 7.06. The SMILES string of the molecule is C[CH]=[Ti]([Cl])([Cl])([CH]1C(C)=C(C)c2ccccc21)[CH]1C(C)=C(C)c2ccccc21. The van der Waals surface area contributed by atoms with E-state index in [1.807, 2.05) is 0 Å². The predicted octanol–water partition coefficient (Wildman–Crippen LogP) is 7.90. The molecule has 0 saturated heterocycles. The van der Waals surface area contributed by atoms with Gasteiger partial charge in [-0.3, -0.25) is 0 Å². The van der Waals surface area contributed by atoms with Crippen LogP contribution in [0.25, 0.3) is 11.1 Å². The molecule has 0 aliphatic heterocycles. The molecule has 0 aromatic heterocycles. The summed E-state index contributed by atoms with van der Waals surface area (Å²) in [6.07, 6.45) is 0. The van der Waals surface area contributed by atoms with E-state index < -0.39 is 12.7 Å². The fourth-order valence-electron chi connectivity index (χ4n) is 5.43. The number of fused-ring (bicyclic) bond motifs is 2. The first-order valence-corrected chi connectivity index (χ1v) is 16.6. The zero-order valence-corrected chi connectivity index (χ0v) is 19.7. The summed E-state index contributed by atoms with van der Waals surface area (Å²) in [4.78, 5) is 0. The van der Waals surface area contributed by atoms with Crippen molar-refractivity contribution in [3.63, 3.8) is 0 Å². The van der Waals surface area contributed by atoms with Gasteiger partial charge in [0.05, 0.1) is 0 Å². The van der Waals surface area contributed by atoms with Gasteiger partial charge in [-0.1, -0.05) is 0 Å². The van der Waals surface area contributed by atoms with Crippen LogP contribution in [0.2, 0.25) is 0 Å². The zero-order valence-electron chi connectivity index (χ0n) is 16.6. The van der Waals surface area contributed by atoms with Crippen molar-refractivity contribution in [1.29, 1.82) is 0 Å². The van der Waals surface area contributed by atoms with Crippen molar-refractivity contribution in [2.75, 3.05) is 0 Å².